The number of hydrogen-bond donors (Lipinski definition) is 2. The number of ether oxygens (including phenoxy) is 2. The fourth-order valence-corrected chi connectivity index (χ4v) is 3.59. The smallest absolute Gasteiger partial charge is 0.341 e. The van der Waals surface area contributed by atoms with Crippen LogP contribution < -0.4 is 14.9 Å². The number of furan rings is 1. The van der Waals surface area contributed by atoms with E-state index in [1.807, 2.05) is 34.7 Å². The first-order chi connectivity index (χ1) is 13.9. The van der Waals surface area contributed by atoms with E-state index in [0.29, 0.717) is 26.2 Å². The van der Waals surface area contributed by atoms with E-state index in [1.54, 1.807) is 24.3 Å². The number of fused-ring (bicyclic) bond motifs is 1. The summed E-state index contributed by atoms with van der Waals surface area (Å²) in [7, 11) is 1.45. The second-order valence-corrected chi connectivity index (χ2v) is 7.79. The van der Waals surface area contributed by atoms with Crippen molar-refractivity contribution in [3.8, 4) is 11.5 Å². The molecule has 2 N–H and O–H groups in total. The molecule has 0 aliphatic carbocycles. The van der Waals surface area contributed by atoms with Crippen LogP contribution in [0, 0.1) is 3.57 Å². The number of carboxylic acids is 1. The fraction of sp³-hybridized carbons (Fsp3) is 0.105. The highest BCUT2D eigenvalue weighted by atomic mass is 127. The van der Waals surface area contributed by atoms with Gasteiger partial charge in [0, 0.05) is 9.86 Å². The molecule has 0 unspecified atom stereocenters. The summed E-state index contributed by atoms with van der Waals surface area (Å²) in [5.41, 5.74) is 3.63. The minimum Gasteiger partial charge on any atom is -0.493 e. The predicted octanol–water partition coefficient (Wildman–Crippen LogP) is 4.04. The molecule has 8 nitrogen and oxygen atoms in total. The predicted molar refractivity (Wildman–Crippen MR) is 118 cm³/mol. The Morgan fingerprint density at radius 3 is 2.83 bits per heavy atom. The number of amides is 1. The molecule has 3 aromatic rings. The van der Waals surface area contributed by atoms with E-state index in [-0.39, 0.29) is 5.76 Å². The fourth-order valence-electron chi connectivity index (χ4n) is 2.43. The van der Waals surface area contributed by atoms with Gasteiger partial charge in [-0.2, -0.15) is 5.10 Å². The van der Waals surface area contributed by atoms with Crippen LogP contribution in [-0.4, -0.2) is 36.9 Å². The van der Waals surface area contributed by atoms with Crippen molar-refractivity contribution in [2.75, 3.05) is 13.7 Å². The highest BCUT2D eigenvalue weighted by molar-refractivity contribution is 14.1. The summed E-state index contributed by atoms with van der Waals surface area (Å²) in [6.45, 7) is -0.482. The normalized spacial score (nSPS) is 11.0. The Morgan fingerprint density at radius 2 is 2.10 bits per heavy atom. The zero-order chi connectivity index (χ0) is 21.0. The Labute approximate surface area is 187 Å². The van der Waals surface area contributed by atoms with Gasteiger partial charge in [0.15, 0.2) is 23.9 Å². The van der Waals surface area contributed by atoms with Crippen molar-refractivity contribution in [3.05, 3.63) is 55.8 Å². The van der Waals surface area contributed by atoms with Crippen LogP contribution in [0.4, 0.5) is 0 Å². The molecule has 150 valence electrons. The number of benzene rings is 2. The molecule has 0 fully saturated rings. The maximum absolute atomic E-state index is 12.3. The summed E-state index contributed by atoms with van der Waals surface area (Å²) >= 11 is 5.37. The number of hydrogen-bond acceptors (Lipinski definition) is 6. The lowest BCUT2D eigenvalue weighted by atomic mass is 10.2. The zero-order valence-electron chi connectivity index (χ0n) is 14.9. The molecular weight excluding hydrogens is 559 g/mol. The van der Waals surface area contributed by atoms with Crippen LogP contribution in [-0.2, 0) is 4.79 Å². The molecule has 3 rings (SSSR count). The molecule has 0 aliphatic heterocycles. The van der Waals surface area contributed by atoms with E-state index in [1.165, 1.54) is 13.3 Å². The molecule has 0 aliphatic rings. The van der Waals surface area contributed by atoms with Gasteiger partial charge in [-0.3, -0.25) is 4.79 Å². The van der Waals surface area contributed by atoms with Crippen molar-refractivity contribution < 1.29 is 28.6 Å². The first-order valence-corrected chi connectivity index (χ1v) is 9.99. The number of carbonyl (C=O) groups excluding carboxylic acids is 1. The van der Waals surface area contributed by atoms with Gasteiger partial charge in [0.2, 0.25) is 0 Å². The van der Waals surface area contributed by atoms with Crippen molar-refractivity contribution in [1.29, 1.82) is 0 Å². The third-order valence-electron chi connectivity index (χ3n) is 3.67. The maximum atomic E-state index is 12.3. The lowest BCUT2D eigenvalue weighted by molar-refractivity contribution is -0.139. The van der Waals surface area contributed by atoms with Gasteiger partial charge in [-0.25, -0.2) is 10.2 Å². The number of rotatable bonds is 7. The average Bonchev–Trinajstić information content (AvgIpc) is 3.09. The van der Waals surface area contributed by atoms with E-state index < -0.39 is 18.5 Å². The van der Waals surface area contributed by atoms with Gasteiger partial charge in [-0.05, 0) is 64.6 Å². The first-order valence-electron chi connectivity index (χ1n) is 8.12. The quantitative estimate of drug-likeness (QED) is 0.251. The summed E-state index contributed by atoms with van der Waals surface area (Å²) < 4.78 is 17.5. The van der Waals surface area contributed by atoms with Gasteiger partial charge in [0.05, 0.1) is 16.9 Å². The van der Waals surface area contributed by atoms with Gasteiger partial charge in [0.1, 0.15) is 5.58 Å². The highest BCUT2D eigenvalue weighted by Gasteiger charge is 2.14. The molecule has 0 atom stereocenters. The molecule has 0 saturated carbocycles. The Balaban J connectivity index is 1.72. The molecule has 0 bridgehead atoms. The summed E-state index contributed by atoms with van der Waals surface area (Å²) in [5.74, 6) is -0.760. The summed E-state index contributed by atoms with van der Waals surface area (Å²) in [5, 5.41) is 13.5. The van der Waals surface area contributed by atoms with Gasteiger partial charge in [0.25, 0.3) is 0 Å². The number of nitrogens with one attached hydrogen (secondary N) is 1. The van der Waals surface area contributed by atoms with Crippen molar-refractivity contribution in [2.24, 2.45) is 5.10 Å². The third kappa shape index (κ3) is 5.26. The SMILES string of the molecule is COc1cc(/C=N/NC(=O)c2cc3cc(Br)ccc3o2)cc(I)c1OCC(=O)O. The van der Waals surface area contributed by atoms with Crippen LogP contribution in [0.2, 0.25) is 0 Å². The molecule has 0 saturated heterocycles. The number of methoxy groups -OCH3 is 1. The Kier molecular flexibility index (Phi) is 6.75. The topological polar surface area (TPSA) is 110 Å². The standard InChI is InChI=1S/C19H14BrIN2O6/c1-27-15-5-10(4-13(21)18(15)28-9-17(24)25)8-22-23-19(26)16-7-11-6-12(20)2-3-14(11)29-16/h2-8H,9H2,1H3,(H,23,26)(H,24,25)/b22-8+. The molecule has 0 spiro atoms. The number of aliphatic carboxylic acids is 1. The number of hydrazone groups is 1. The Morgan fingerprint density at radius 1 is 1.31 bits per heavy atom. The van der Waals surface area contributed by atoms with E-state index in [0.717, 1.165) is 9.86 Å². The van der Waals surface area contributed by atoms with Crippen molar-refractivity contribution in [1.82, 2.24) is 5.43 Å². The van der Waals surface area contributed by atoms with Crippen molar-refractivity contribution in [3.63, 3.8) is 0 Å². The maximum Gasteiger partial charge on any atom is 0.341 e. The highest BCUT2D eigenvalue weighted by Crippen LogP contribution is 2.33. The van der Waals surface area contributed by atoms with Gasteiger partial charge >= 0.3 is 11.9 Å². The molecular formula is C19H14BrIN2O6. The van der Waals surface area contributed by atoms with Crippen molar-refractivity contribution >= 4 is 67.6 Å². The third-order valence-corrected chi connectivity index (χ3v) is 4.97. The molecule has 2 aromatic carbocycles. The second-order valence-electron chi connectivity index (χ2n) is 5.71. The average molecular weight is 573 g/mol. The monoisotopic (exact) mass is 572 g/mol. The van der Waals surface area contributed by atoms with E-state index in [9.17, 15) is 9.59 Å². The summed E-state index contributed by atoms with van der Waals surface area (Å²) in [6.07, 6.45) is 1.43. The minimum atomic E-state index is -1.09. The molecule has 10 heteroatoms. The van der Waals surface area contributed by atoms with Crippen LogP contribution in [0.1, 0.15) is 16.1 Å². The Hall–Kier alpha value is -2.60. The number of carboxylic acid groups (broad SMARTS) is 1. The van der Waals surface area contributed by atoms with Crippen LogP contribution in [0.15, 0.2) is 50.4 Å². The number of halogens is 2. The Bertz CT molecular complexity index is 1110. The van der Waals surface area contributed by atoms with E-state index in [2.05, 4.69) is 26.5 Å². The van der Waals surface area contributed by atoms with Crippen LogP contribution >= 0.6 is 38.5 Å². The van der Waals surface area contributed by atoms with Crippen molar-refractivity contribution in [2.45, 2.75) is 0 Å². The minimum absolute atomic E-state index is 0.139. The number of carbonyl (C=O) groups is 2. The van der Waals surface area contributed by atoms with Crippen LogP contribution in [0.25, 0.3) is 11.0 Å². The summed E-state index contributed by atoms with van der Waals surface area (Å²) in [4.78, 5) is 23.0. The number of nitrogens with zero attached hydrogens (tertiary/aromatic N) is 1. The van der Waals surface area contributed by atoms with Gasteiger partial charge in [-0.1, -0.05) is 15.9 Å². The first kappa shape index (κ1) is 21.1. The van der Waals surface area contributed by atoms with Gasteiger partial charge < -0.3 is 19.0 Å². The molecule has 1 heterocycles. The second kappa shape index (κ2) is 9.27. The molecule has 29 heavy (non-hydrogen) atoms. The zero-order valence-corrected chi connectivity index (χ0v) is 18.7. The summed E-state index contributed by atoms with van der Waals surface area (Å²) in [6, 6.07) is 10.4. The molecule has 1 aromatic heterocycles. The van der Waals surface area contributed by atoms with E-state index in [4.69, 9.17) is 19.0 Å². The van der Waals surface area contributed by atoms with Crippen LogP contribution in [0.3, 0.4) is 0 Å². The largest absolute Gasteiger partial charge is 0.493 e. The van der Waals surface area contributed by atoms with E-state index >= 15 is 0 Å². The lowest BCUT2D eigenvalue weighted by Gasteiger charge is -2.12. The molecule has 0 radical (unpaired) electrons. The van der Waals surface area contributed by atoms with Crippen LogP contribution in [0.5, 0.6) is 11.5 Å². The lowest BCUT2D eigenvalue weighted by Crippen LogP contribution is -2.16. The van der Waals surface area contributed by atoms with Gasteiger partial charge in [-0.15, -0.1) is 0 Å². The molecule has 1 amide bonds.